The van der Waals surface area contributed by atoms with E-state index in [1.807, 2.05) is 49.4 Å². The van der Waals surface area contributed by atoms with E-state index in [9.17, 15) is 9.59 Å². The van der Waals surface area contributed by atoms with Gasteiger partial charge in [-0.2, -0.15) is 0 Å². The number of fused-ring (bicyclic) bond motifs is 2. The molecule has 218 valence electrons. The van der Waals surface area contributed by atoms with Crippen LogP contribution in [0, 0.1) is 0 Å². The third-order valence-corrected chi connectivity index (χ3v) is 7.23. The molecule has 0 aliphatic heterocycles. The standard InChI is InChI=1S/C34H46O6/c1-4-7-9-11-13-17-24-37-33(35)39-31-27-21-15-16-22-28(27)32(30-26(6-3)20-19-23-29(30)31)40-34(36)38-25-18-14-12-10-8-5-2/h15-16,19-23H,4-14,17-18,24-25H2,1-3H3. The molecule has 0 N–H and O–H groups in total. The number of hydrogen-bond donors (Lipinski definition) is 0. The molecular formula is C34H46O6. The van der Waals surface area contributed by atoms with E-state index < -0.39 is 12.3 Å². The fourth-order valence-electron chi connectivity index (χ4n) is 5.03. The van der Waals surface area contributed by atoms with Gasteiger partial charge < -0.3 is 18.9 Å². The molecule has 3 rings (SSSR count). The van der Waals surface area contributed by atoms with Crippen LogP contribution in [0.2, 0.25) is 0 Å². The zero-order valence-corrected chi connectivity index (χ0v) is 24.6. The average molecular weight is 551 g/mol. The van der Waals surface area contributed by atoms with Gasteiger partial charge in [0.25, 0.3) is 0 Å². The second kappa shape index (κ2) is 17.4. The van der Waals surface area contributed by atoms with Crippen LogP contribution in [0.25, 0.3) is 21.5 Å². The van der Waals surface area contributed by atoms with Gasteiger partial charge in [0.1, 0.15) is 5.75 Å². The zero-order chi connectivity index (χ0) is 28.6. The number of unbranched alkanes of at least 4 members (excludes halogenated alkanes) is 10. The van der Waals surface area contributed by atoms with Gasteiger partial charge >= 0.3 is 12.3 Å². The van der Waals surface area contributed by atoms with Gasteiger partial charge in [-0.3, -0.25) is 0 Å². The van der Waals surface area contributed by atoms with Crippen LogP contribution in [0.4, 0.5) is 9.59 Å². The molecular weight excluding hydrogens is 504 g/mol. The largest absolute Gasteiger partial charge is 0.513 e. The molecule has 0 heterocycles. The number of hydrogen-bond acceptors (Lipinski definition) is 6. The highest BCUT2D eigenvalue weighted by molar-refractivity contribution is 6.13. The van der Waals surface area contributed by atoms with E-state index >= 15 is 0 Å². The first-order valence-electron chi connectivity index (χ1n) is 15.3. The molecule has 0 bridgehead atoms. The molecule has 3 aromatic carbocycles. The Balaban J connectivity index is 1.78. The summed E-state index contributed by atoms with van der Waals surface area (Å²) in [7, 11) is 0. The third-order valence-electron chi connectivity index (χ3n) is 7.23. The number of rotatable bonds is 17. The Morgan fingerprint density at radius 1 is 0.550 bits per heavy atom. The van der Waals surface area contributed by atoms with E-state index in [1.165, 1.54) is 38.5 Å². The lowest BCUT2D eigenvalue weighted by Gasteiger charge is -2.18. The van der Waals surface area contributed by atoms with E-state index in [1.54, 1.807) is 0 Å². The van der Waals surface area contributed by atoms with E-state index in [0.717, 1.165) is 49.5 Å². The molecule has 6 nitrogen and oxygen atoms in total. The number of benzene rings is 3. The highest BCUT2D eigenvalue weighted by Gasteiger charge is 2.22. The van der Waals surface area contributed by atoms with Crippen molar-refractivity contribution in [3.63, 3.8) is 0 Å². The molecule has 0 aromatic heterocycles. The Labute approximate surface area is 239 Å². The SMILES string of the molecule is CCCCCCCCOC(=O)Oc1c2ccccc2c(OC(=O)OCCCCCCCC)c2c(CC)cccc12. The molecule has 0 fully saturated rings. The maximum Gasteiger partial charge on any atom is 0.513 e. The number of carbonyl (C=O) groups is 2. The molecule has 0 spiro atoms. The lowest BCUT2D eigenvalue weighted by Crippen LogP contribution is -2.14. The van der Waals surface area contributed by atoms with Gasteiger partial charge in [0.15, 0.2) is 5.75 Å². The van der Waals surface area contributed by atoms with Gasteiger partial charge in [0.2, 0.25) is 0 Å². The molecule has 0 radical (unpaired) electrons. The Bertz CT molecular complexity index is 1220. The monoisotopic (exact) mass is 550 g/mol. The fraction of sp³-hybridized carbons (Fsp3) is 0.529. The maximum absolute atomic E-state index is 12.8. The topological polar surface area (TPSA) is 71.1 Å². The smallest absolute Gasteiger partial charge is 0.434 e. The van der Waals surface area contributed by atoms with E-state index in [4.69, 9.17) is 18.9 Å². The van der Waals surface area contributed by atoms with Crippen LogP contribution >= 0.6 is 0 Å². The molecule has 6 heteroatoms. The first kappa shape index (κ1) is 31.3. The molecule has 0 amide bonds. The highest BCUT2D eigenvalue weighted by atomic mass is 16.7. The van der Waals surface area contributed by atoms with Crippen LogP contribution in [0.15, 0.2) is 42.5 Å². The lowest BCUT2D eigenvalue weighted by atomic mass is 9.96. The summed E-state index contributed by atoms with van der Waals surface area (Å²) in [5.41, 5.74) is 0.979. The van der Waals surface area contributed by atoms with Crippen molar-refractivity contribution in [1.82, 2.24) is 0 Å². The van der Waals surface area contributed by atoms with Gasteiger partial charge in [0.05, 0.1) is 13.2 Å². The first-order chi connectivity index (χ1) is 19.6. The normalized spacial score (nSPS) is 11.1. The average Bonchev–Trinajstić information content (AvgIpc) is 2.97. The van der Waals surface area contributed by atoms with Crippen molar-refractivity contribution in [2.24, 2.45) is 0 Å². The minimum Gasteiger partial charge on any atom is -0.434 e. The van der Waals surface area contributed by atoms with Crippen molar-refractivity contribution in [3.8, 4) is 11.5 Å². The summed E-state index contributed by atoms with van der Waals surface area (Å²) in [5.74, 6) is 0.824. The molecule has 0 atom stereocenters. The molecule has 0 saturated carbocycles. The van der Waals surface area contributed by atoms with E-state index in [0.29, 0.717) is 47.3 Å². The molecule has 3 aromatic rings. The van der Waals surface area contributed by atoms with E-state index in [2.05, 4.69) is 13.8 Å². The van der Waals surface area contributed by atoms with Gasteiger partial charge in [-0.1, -0.05) is 127 Å². The molecule has 0 saturated heterocycles. The molecule has 0 aliphatic rings. The van der Waals surface area contributed by atoms with Crippen molar-refractivity contribution in [3.05, 3.63) is 48.0 Å². The predicted molar refractivity (Wildman–Crippen MR) is 162 cm³/mol. The van der Waals surface area contributed by atoms with Gasteiger partial charge in [-0.15, -0.1) is 0 Å². The number of carbonyl (C=O) groups excluding carboxylic acids is 2. The molecule has 0 unspecified atom stereocenters. The maximum atomic E-state index is 12.8. The fourth-order valence-corrected chi connectivity index (χ4v) is 5.03. The van der Waals surface area contributed by atoms with Crippen LogP contribution < -0.4 is 9.47 Å². The second-order valence-electron chi connectivity index (χ2n) is 10.3. The van der Waals surface area contributed by atoms with Gasteiger partial charge in [-0.05, 0) is 24.8 Å². The summed E-state index contributed by atoms with van der Waals surface area (Å²) in [6, 6.07) is 13.3. The summed E-state index contributed by atoms with van der Waals surface area (Å²) >= 11 is 0. The quantitative estimate of drug-likeness (QED) is 0.0720. The van der Waals surface area contributed by atoms with Crippen LogP contribution in [-0.4, -0.2) is 25.5 Å². The summed E-state index contributed by atoms with van der Waals surface area (Å²) in [6.45, 7) is 7.08. The van der Waals surface area contributed by atoms with Crippen molar-refractivity contribution < 1.29 is 28.5 Å². The summed E-state index contributed by atoms with van der Waals surface area (Å²) in [4.78, 5) is 25.5. The Kier molecular flexibility index (Phi) is 13.6. The van der Waals surface area contributed by atoms with Gasteiger partial charge in [-0.25, -0.2) is 9.59 Å². The predicted octanol–water partition coefficient (Wildman–Crippen LogP) is 10.3. The van der Waals surface area contributed by atoms with Crippen molar-refractivity contribution in [1.29, 1.82) is 0 Å². The highest BCUT2D eigenvalue weighted by Crippen LogP contribution is 2.44. The number of aryl methyl sites for hydroxylation is 1. The third kappa shape index (κ3) is 9.14. The summed E-state index contributed by atoms with van der Waals surface area (Å²) in [6.07, 6.45) is 12.5. The first-order valence-corrected chi connectivity index (χ1v) is 15.3. The van der Waals surface area contributed by atoms with E-state index in [-0.39, 0.29) is 0 Å². The molecule has 0 aliphatic carbocycles. The summed E-state index contributed by atoms with van der Waals surface area (Å²) in [5, 5.41) is 2.76. The Morgan fingerprint density at radius 3 is 1.57 bits per heavy atom. The lowest BCUT2D eigenvalue weighted by molar-refractivity contribution is 0.0965. The van der Waals surface area contributed by atoms with Gasteiger partial charge in [0, 0.05) is 21.5 Å². The second-order valence-corrected chi connectivity index (χ2v) is 10.3. The minimum absolute atomic E-state index is 0.326. The Hall–Kier alpha value is -3.28. The van der Waals surface area contributed by atoms with Crippen LogP contribution in [0.5, 0.6) is 11.5 Å². The van der Waals surface area contributed by atoms with Crippen molar-refractivity contribution in [2.75, 3.05) is 13.2 Å². The van der Waals surface area contributed by atoms with Crippen LogP contribution in [0.1, 0.15) is 103 Å². The molecule has 40 heavy (non-hydrogen) atoms. The zero-order valence-electron chi connectivity index (χ0n) is 24.6. The van der Waals surface area contributed by atoms with Crippen LogP contribution in [-0.2, 0) is 15.9 Å². The Morgan fingerprint density at radius 2 is 1.02 bits per heavy atom. The van der Waals surface area contributed by atoms with Crippen molar-refractivity contribution >= 4 is 33.9 Å². The van der Waals surface area contributed by atoms with Crippen molar-refractivity contribution in [2.45, 2.75) is 104 Å². The van der Waals surface area contributed by atoms with Crippen LogP contribution in [0.3, 0.4) is 0 Å². The summed E-state index contributed by atoms with van der Waals surface area (Å²) < 4.78 is 22.6. The number of ether oxygens (including phenoxy) is 4. The minimum atomic E-state index is -0.728.